The highest BCUT2D eigenvalue weighted by Crippen LogP contribution is 2.46. The molecular formula is C16H24N2O. The van der Waals surface area contributed by atoms with E-state index in [9.17, 15) is 4.79 Å². The average Bonchev–Trinajstić information content (AvgIpc) is 2.37. The molecule has 0 atom stereocenters. The van der Waals surface area contributed by atoms with Gasteiger partial charge in [0.25, 0.3) is 0 Å². The number of hydrogen-bond donors (Lipinski definition) is 1. The highest BCUT2D eigenvalue weighted by molar-refractivity contribution is 5.99. The van der Waals surface area contributed by atoms with Crippen molar-refractivity contribution in [3.63, 3.8) is 0 Å². The second-order valence-corrected chi connectivity index (χ2v) is 5.83. The molecule has 2 N–H and O–H groups in total. The molecule has 1 aliphatic rings. The van der Waals surface area contributed by atoms with Crippen molar-refractivity contribution in [2.24, 2.45) is 17.1 Å². The number of carbonyl (C=O) groups is 1. The Morgan fingerprint density at radius 3 is 2.53 bits per heavy atom. The van der Waals surface area contributed by atoms with Crippen LogP contribution in [0, 0.1) is 18.3 Å². The van der Waals surface area contributed by atoms with Gasteiger partial charge in [0.1, 0.15) is 0 Å². The van der Waals surface area contributed by atoms with E-state index in [2.05, 4.69) is 6.92 Å². The molecule has 0 heterocycles. The zero-order chi connectivity index (χ0) is 14.0. The Morgan fingerprint density at radius 2 is 2.05 bits per heavy atom. The first-order chi connectivity index (χ1) is 9.04. The van der Waals surface area contributed by atoms with Gasteiger partial charge in [-0.3, -0.25) is 4.79 Å². The van der Waals surface area contributed by atoms with Crippen LogP contribution in [0.15, 0.2) is 24.3 Å². The number of amides is 1. The summed E-state index contributed by atoms with van der Waals surface area (Å²) in [6.45, 7) is 7.41. The van der Waals surface area contributed by atoms with E-state index in [0.717, 1.165) is 24.1 Å². The Balaban J connectivity index is 2.28. The number of aryl methyl sites for hydroxylation is 1. The Morgan fingerprint density at radius 1 is 1.42 bits per heavy atom. The standard InChI is InChI=1S/C16H24N2O/c1-4-18(14-8-6-5-7-13(14)3)15(19)16(11-17)9-12(2)10-16/h5-8,12H,4,9-11,17H2,1-3H3. The molecule has 0 bridgehead atoms. The Kier molecular flexibility index (Phi) is 3.95. The fraction of sp³-hybridized carbons (Fsp3) is 0.562. The van der Waals surface area contributed by atoms with E-state index >= 15 is 0 Å². The van der Waals surface area contributed by atoms with Crippen LogP contribution in [-0.2, 0) is 4.79 Å². The molecule has 0 saturated heterocycles. The van der Waals surface area contributed by atoms with E-state index in [1.54, 1.807) is 0 Å². The summed E-state index contributed by atoms with van der Waals surface area (Å²) < 4.78 is 0. The molecule has 1 fully saturated rings. The van der Waals surface area contributed by atoms with Crippen molar-refractivity contribution < 1.29 is 4.79 Å². The van der Waals surface area contributed by atoms with Crippen LogP contribution in [0.3, 0.4) is 0 Å². The summed E-state index contributed by atoms with van der Waals surface area (Å²) >= 11 is 0. The molecule has 0 aromatic heterocycles. The third kappa shape index (κ3) is 2.39. The summed E-state index contributed by atoms with van der Waals surface area (Å²) in [5, 5.41) is 0. The number of anilines is 1. The van der Waals surface area contributed by atoms with E-state index in [1.807, 2.05) is 43.0 Å². The second-order valence-electron chi connectivity index (χ2n) is 5.83. The van der Waals surface area contributed by atoms with Crippen LogP contribution in [0.4, 0.5) is 5.69 Å². The van der Waals surface area contributed by atoms with Gasteiger partial charge in [0.15, 0.2) is 0 Å². The molecule has 0 aliphatic heterocycles. The van der Waals surface area contributed by atoms with Crippen molar-refractivity contribution in [3.05, 3.63) is 29.8 Å². The lowest BCUT2D eigenvalue weighted by Crippen LogP contribution is -2.55. The highest BCUT2D eigenvalue weighted by atomic mass is 16.2. The average molecular weight is 260 g/mol. The minimum atomic E-state index is -0.322. The van der Waals surface area contributed by atoms with Gasteiger partial charge in [-0.05, 0) is 44.2 Å². The third-order valence-corrected chi connectivity index (χ3v) is 4.29. The maximum atomic E-state index is 12.9. The zero-order valence-corrected chi connectivity index (χ0v) is 12.1. The maximum Gasteiger partial charge on any atom is 0.234 e. The second kappa shape index (κ2) is 5.33. The quantitative estimate of drug-likeness (QED) is 0.904. The minimum absolute atomic E-state index is 0.199. The molecular weight excluding hydrogens is 236 g/mol. The zero-order valence-electron chi connectivity index (χ0n) is 12.1. The van der Waals surface area contributed by atoms with Crippen LogP contribution in [0.2, 0.25) is 0 Å². The Bertz CT molecular complexity index is 464. The van der Waals surface area contributed by atoms with Crippen LogP contribution in [0.5, 0.6) is 0 Å². The number of carbonyl (C=O) groups excluding carboxylic acids is 1. The fourth-order valence-corrected chi connectivity index (χ4v) is 3.28. The van der Waals surface area contributed by atoms with Crippen LogP contribution < -0.4 is 10.6 Å². The molecule has 0 radical (unpaired) electrons. The van der Waals surface area contributed by atoms with Crippen molar-refractivity contribution in [2.75, 3.05) is 18.0 Å². The summed E-state index contributed by atoms with van der Waals surface area (Å²) in [5.74, 6) is 0.813. The van der Waals surface area contributed by atoms with Gasteiger partial charge in [-0.1, -0.05) is 25.1 Å². The molecule has 1 aromatic carbocycles. The monoisotopic (exact) mass is 260 g/mol. The van der Waals surface area contributed by atoms with Gasteiger partial charge in [0.2, 0.25) is 5.91 Å². The molecule has 1 amide bonds. The smallest absolute Gasteiger partial charge is 0.234 e. The predicted molar refractivity (Wildman–Crippen MR) is 79.1 cm³/mol. The molecule has 3 nitrogen and oxygen atoms in total. The number of nitrogens with two attached hydrogens (primary N) is 1. The first-order valence-corrected chi connectivity index (χ1v) is 7.11. The van der Waals surface area contributed by atoms with Crippen LogP contribution in [-0.4, -0.2) is 19.0 Å². The fourth-order valence-electron chi connectivity index (χ4n) is 3.28. The molecule has 1 saturated carbocycles. The first kappa shape index (κ1) is 14.1. The minimum Gasteiger partial charge on any atom is -0.329 e. The van der Waals surface area contributed by atoms with Crippen molar-refractivity contribution in [2.45, 2.75) is 33.6 Å². The Labute approximate surface area is 115 Å². The van der Waals surface area contributed by atoms with Crippen molar-refractivity contribution in [3.8, 4) is 0 Å². The number of para-hydroxylation sites is 1. The molecule has 1 aliphatic carbocycles. The summed E-state index contributed by atoms with van der Waals surface area (Å²) in [6, 6.07) is 8.05. The van der Waals surface area contributed by atoms with Gasteiger partial charge in [-0.15, -0.1) is 0 Å². The molecule has 3 heteroatoms. The Hall–Kier alpha value is -1.35. The SMILES string of the molecule is CCN(C(=O)C1(CN)CC(C)C1)c1ccccc1C. The van der Waals surface area contributed by atoms with E-state index in [0.29, 0.717) is 19.0 Å². The highest BCUT2D eigenvalue weighted by Gasteiger charge is 2.49. The normalized spacial score (nSPS) is 25.8. The molecule has 19 heavy (non-hydrogen) atoms. The van der Waals surface area contributed by atoms with E-state index in [4.69, 9.17) is 5.73 Å². The van der Waals surface area contributed by atoms with Gasteiger partial charge in [-0.25, -0.2) is 0 Å². The van der Waals surface area contributed by atoms with E-state index in [1.165, 1.54) is 0 Å². The summed E-state index contributed by atoms with van der Waals surface area (Å²) in [7, 11) is 0. The van der Waals surface area contributed by atoms with Gasteiger partial charge in [-0.2, -0.15) is 0 Å². The van der Waals surface area contributed by atoms with Gasteiger partial charge >= 0.3 is 0 Å². The first-order valence-electron chi connectivity index (χ1n) is 7.11. The summed E-state index contributed by atoms with van der Waals surface area (Å²) in [5.41, 5.74) is 7.72. The van der Waals surface area contributed by atoms with Gasteiger partial charge in [0.05, 0.1) is 5.41 Å². The lowest BCUT2D eigenvalue weighted by atomic mass is 9.61. The molecule has 0 unspecified atom stereocenters. The van der Waals surface area contributed by atoms with E-state index < -0.39 is 0 Å². The van der Waals surface area contributed by atoms with Crippen LogP contribution >= 0.6 is 0 Å². The topological polar surface area (TPSA) is 46.3 Å². The predicted octanol–water partition coefficient (Wildman–Crippen LogP) is 2.72. The molecule has 1 aromatic rings. The lowest BCUT2D eigenvalue weighted by molar-refractivity contribution is -0.135. The lowest BCUT2D eigenvalue weighted by Gasteiger charge is -2.46. The molecule has 2 rings (SSSR count). The summed E-state index contributed by atoms with van der Waals surface area (Å²) in [4.78, 5) is 14.8. The van der Waals surface area contributed by atoms with E-state index in [-0.39, 0.29) is 11.3 Å². The van der Waals surface area contributed by atoms with Gasteiger partial charge in [0, 0.05) is 18.8 Å². The largest absolute Gasteiger partial charge is 0.329 e. The molecule has 0 spiro atoms. The van der Waals surface area contributed by atoms with Crippen molar-refractivity contribution in [1.82, 2.24) is 0 Å². The van der Waals surface area contributed by atoms with Crippen molar-refractivity contribution >= 4 is 11.6 Å². The third-order valence-electron chi connectivity index (χ3n) is 4.29. The van der Waals surface area contributed by atoms with Crippen LogP contribution in [0.25, 0.3) is 0 Å². The van der Waals surface area contributed by atoms with Crippen LogP contribution in [0.1, 0.15) is 32.3 Å². The summed E-state index contributed by atoms with van der Waals surface area (Å²) in [6.07, 6.45) is 1.84. The maximum absolute atomic E-state index is 12.9. The van der Waals surface area contributed by atoms with Crippen molar-refractivity contribution in [1.29, 1.82) is 0 Å². The molecule has 104 valence electrons. The number of benzene rings is 1. The number of rotatable bonds is 4. The van der Waals surface area contributed by atoms with Gasteiger partial charge < -0.3 is 10.6 Å². The number of nitrogens with zero attached hydrogens (tertiary/aromatic N) is 1. The number of hydrogen-bond acceptors (Lipinski definition) is 2.